The molecule has 0 spiro atoms. The first-order valence-corrected chi connectivity index (χ1v) is 8.90. The molecule has 1 aliphatic heterocycles. The fourth-order valence-corrected chi connectivity index (χ4v) is 6.34. The van der Waals surface area contributed by atoms with Gasteiger partial charge in [0, 0.05) is 18.5 Å². The van der Waals surface area contributed by atoms with Gasteiger partial charge in [0.15, 0.2) is 0 Å². The van der Waals surface area contributed by atoms with Crippen molar-refractivity contribution in [3.05, 3.63) is 0 Å². The van der Waals surface area contributed by atoms with Gasteiger partial charge in [-0.1, -0.05) is 0 Å². The van der Waals surface area contributed by atoms with Gasteiger partial charge in [-0.15, -0.1) is 0 Å². The molecule has 0 aromatic rings. The Hall–Kier alpha value is -1.30. The van der Waals surface area contributed by atoms with Crippen LogP contribution in [0, 0.1) is 17.3 Å². The molecule has 6 nitrogen and oxygen atoms in total. The van der Waals surface area contributed by atoms with Gasteiger partial charge in [-0.2, -0.15) is 0 Å². The average molecular weight is 322 g/mol. The van der Waals surface area contributed by atoms with Crippen LogP contribution >= 0.6 is 0 Å². The molecule has 3 unspecified atom stereocenters. The molecule has 3 N–H and O–H groups in total. The number of carbonyl (C=O) groups is 2. The van der Waals surface area contributed by atoms with Crippen molar-refractivity contribution < 1.29 is 19.8 Å². The van der Waals surface area contributed by atoms with E-state index in [1.165, 1.54) is 0 Å². The SMILES string of the molecule is O=C(O)NC(C(=O)N1CCCC1)C12CC3CC(CC(O)(C3)C1)C2. The lowest BCUT2D eigenvalue weighted by Crippen LogP contribution is -2.65. The summed E-state index contributed by atoms with van der Waals surface area (Å²) in [6, 6.07) is -0.699. The molecule has 3 atom stereocenters. The van der Waals surface area contributed by atoms with Crippen LogP contribution in [-0.4, -0.2) is 51.8 Å². The van der Waals surface area contributed by atoms with E-state index >= 15 is 0 Å². The number of nitrogens with one attached hydrogen (secondary N) is 1. The Morgan fingerprint density at radius 2 is 1.70 bits per heavy atom. The van der Waals surface area contributed by atoms with Crippen molar-refractivity contribution in [2.24, 2.45) is 17.3 Å². The monoisotopic (exact) mass is 322 g/mol. The molecule has 128 valence electrons. The summed E-state index contributed by atoms with van der Waals surface area (Å²) < 4.78 is 0. The molecule has 23 heavy (non-hydrogen) atoms. The lowest BCUT2D eigenvalue weighted by Gasteiger charge is -2.62. The number of carbonyl (C=O) groups excluding carboxylic acids is 1. The second-order valence-electron chi connectivity index (χ2n) is 8.46. The summed E-state index contributed by atoms with van der Waals surface area (Å²) in [5.41, 5.74) is -1.08. The van der Waals surface area contributed by atoms with E-state index in [4.69, 9.17) is 0 Å². The summed E-state index contributed by atoms with van der Waals surface area (Å²) in [5.74, 6) is 0.798. The maximum Gasteiger partial charge on any atom is 0.405 e. The molecule has 4 saturated carbocycles. The largest absolute Gasteiger partial charge is 0.465 e. The lowest BCUT2D eigenvalue weighted by atomic mass is 9.46. The standard InChI is InChI=1S/C17H26N2O4/c20-14(19-3-1-2-4-19)13(18-15(21)22)16-6-11-5-12(7-16)9-17(23,8-11)10-16/h11-13,18,23H,1-10H2,(H,21,22). The first-order valence-electron chi connectivity index (χ1n) is 8.90. The molecular formula is C17H26N2O4. The Kier molecular flexibility index (Phi) is 3.38. The smallest absolute Gasteiger partial charge is 0.405 e. The van der Waals surface area contributed by atoms with Crippen molar-refractivity contribution in [1.82, 2.24) is 10.2 Å². The Balaban J connectivity index is 1.65. The normalized spacial score (nSPS) is 42.7. The van der Waals surface area contributed by atoms with Crippen LogP contribution in [0.2, 0.25) is 0 Å². The molecule has 6 heteroatoms. The Bertz CT molecular complexity index is 515. The molecular weight excluding hydrogens is 296 g/mol. The van der Waals surface area contributed by atoms with Crippen molar-refractivity contribution in [1.29, 1.82) is 0 Å². The third kappa shape index (κ3) is 2.51. The number of nitrogens with zero attached hydrogens (tertiary/aromatic N) is 1. The second kappa shape index (κ2) is 5.10. The van der Waals surface area contributed by atoms with Crippen molar-refractivity contribution in [2.75, 3.05) is 13.1 Å². The summed E-state index contributed by atoms with van der Waals surface area (Å²) in [4.78, 5) is 26.2. The number of hydrogen-bond donors (Lipinski definition) is 3. The summed E-state index contributed by atoms with van der Waals surface area (Å²) in [5, 5.41) is 22.7. The van der Waals surface area contributed by atoms with Gasteiger partial charge in [0.2, 0.25) is 5.91 Å². The van der Waals surface area contributed by atoms with Crippen LogP contribution in [0.5, 0.6) is 0 Å². The Labute approximate surface area is 136 Å². The minimum Gasteiger partial charge on any atom is -0.465 e. The topological polar surface area (TPSA) is 89.9 Å². The zero-order chi connectivity index (χ0) is 16.2. The van der Waals surface area contributed by atoms with Crippen LogP contribution in [0.4, 0.5) is 4.79 Å². The predicted molar refractivity (Wildman–Crippen MR) is 82.8 cm³/mol. The molecule has 5 aliphatic rings. The Morgan fingerprint density at radius 3 is 2.22 bits per heavy atom. The van der Waals surface area contributed by atoms with Gasteiger partial charge in [-0.25, -0.2) is 4.79 Å². The van der Waals surface area contributed by atoms with Crippen molar-refractivity contribution in [3.8, 4) is 0 Å². The fourth-order valence-electron chi connectivity index (χ4n) is 6.34. The second-order valence-corrected chi connectivity index (χ2v) is 8.46. The van der Waals surface area contributed by atoms with Crippen LogP contribution < -0.4 is 5.32 Å². The van der Waals surface area contributed by atoms with E-state index in [2.05, 4.69) is 5.32 Å². The van der Waals surface area contributed by atoms with E-state index in [1.807, 2.05) is 4.90 Å². The number of aliphatic hydroxyl groups is 1. The molecule has 4 aliphatic carbocycles. The molecule has 0 aromatic heterocycles. The van der Waals surface area contributed by atoms with Gasteiger partial charge >= 0.3 is 6.09 Å². The quantitative estimate of drug-likeness (QED) is 0.736. The molecule has 1 heterocycles. The molecule has 2 amide bonds. The highest BCUT2D eigenvalue weighted by molar-refractivity contribution is 5.86. The zero-order valence-electron chi connectivity index (χ0n) is 13.5. The van der Waals surface area contributed by atoms with Crippen molar-refractivity contribution in [2.45, 2.75) is 63.0 Å². The molecule has 4 bridgehead atoms. The summed E-state index contributed by atoms with van der Waals surface area (Å²) in [6.45, 7) is 1.45. The fraction of sp³-hybridized carbons (Fsp3) is 0.882. The minimum absolute atomic E-state index is 0.0737. The number of amides is 2. The van der Waals surface area contributed by atoms with Crippen LogP contribution in [0.1, 0.15) is 51.4 Å². The van der Waals surface area contributed by atoms with E-state index in [-0.39, 0.29) is 5.91 Å². The van der Waals surface area contributed by atoms with Gasteiger partial charge in [0.05, 0.1) is 5.60 Å². The third-order valence-electron chi connectivity index (χ3n) is 6.62. The van der Waals surface area contributed by atoms with E-state index in [0.717, 1.165) is 58.0 Å². The average Bonchev–Trinajstić information content (AvgIpc) is 2.95. The first kappa shape index (κ1) is 15.2. The molecule has 5 fully saturated rings. The van der Waals surface area contributed by atoms with Gasteiger partial charge in [0.25, 0.3) is 0 Å². The van der Waals surface area contributed by atoms with Gasteiger partial charge in [-0.3, -0.25) is 4.79 Å². The molecule has 1 saturated heterocycles. The van der Waals surface area contributed by atoms with Crippen LogP contribution in [0.25, 0.3) is 0 Å². The van der Waals surface area contributed by atoms with Gasteiger partial charge < -0.3 is 20.4 Å². The van der Waals surface area contributed by atoms with E-state index in [0.29, 0.717) is 18.3 Å². The van der Waals surface area contributed by atoms with Crippen LogP contribution in [0.15, 0.2) is 0 Å². The highest BCUT2D eigenvalue weighted by atomic mass is 16.4. The van der Waals surface area contributed by atoms with Gasteiger partial charge in [0.1, 0.15) is 6.04 Å². The zero-order valence-corrected chi connectivity index (χ0v) is 13.5. The van der Waals surface area contributed by atoms with Crippen LogP contribution in [-0.2, 0) is 4.79 Å². The summed E-state index contributed by atoms with van der Waals surface area (Å²) in [6.07, 6.45) is 5.93. The minimum atomic E-state index is -1.13. The molecule has 0 radical (unpaired) electrons. The van der Waals surface area contributed by atoms with Crippen LogP contribution in [0.3, 0.4) is 0 Å². The Morgan fingerprint density at radius 1 is 1.09 bits per heavy atom. The van der Waals surface area contributed by atoms with E-state index < -0.39 is 23.2 Å². The maximum absolute atomic E-state index is 13.0. The first-order chi connectivity index (χ1) is 10.9. The van der Waals surface area contributed by atoms with E-state index in [1.54, 1.807) is 0 Å². The predicted octanol–water partition coefficient (Wildman–Crippen LogP) is 1.58. The number of rotatable bonds is 3. The van der Waals surface area contributed by atoms with Gasteiger partial charge in [-0.05, 0) is 63.2 Å². The number of carboxylic acid groups (broad SMARTS) is 1. The summed E-state index contributed by atoms with van der Waals surface area (Å²) >= 11 is 0. The highest BCUT2D eigenvalue weighted by Gasteiger charge is 2.61. The highest BCUT2D eigenvalue weighted by Crippen LogP contribution is 2.63. The molecule has 0 aromatic carbocycles. The third-order valence-corrected chi connectivity index (χ3v) is 6.62. The summed E-state index contributed by atoms with van der Waals surface area (Å²) in [7, 11) is 0. The molecule has 5 rings (SSSR count). The van der Waals surface area contributed by atoms with E-state index in [9.17, 15) is 19.8 Å². The number of hydrogen-bond acceptors (Lipinski definition) is 3. The van der Waals surface area contributed by atoms with Crippen molar-refractivity contribution in [3.63, 3.8) is 0 Å². The van der Waals surface area contributed by atoms with Crippen molar-refractivity contribution >= 4 is 12.0 Å². The number of likely N-dealkylation sites (tertiary alicyclic amines) is 1. The maximum atomic E-state index is 13.0. The lowest BCUT2D eigenvalue weighted by molar-refractivity contribution is -0.179.